The highest BCUT2D eigenvalue weighted by atomic mass is 16.5. The van der Waals surface area contributed by atoms with Crippen LogP contribution < -0.4 is 4.74 Å². The number of para-hydroxylation sites is 2. The third-order valence-electron chi connectivity index (χ3n) is 4.76. The Morgan fingerprint density at radius 3 is 2.79 bits per heavy atom. The molecule has 0 unspecified atom stereocenters. The average Bonchev–Trinajstić information content (AvgIpc) is 3.36. The molecule has 0 aliphatic heterocycles. The van der Waals surface area contributed by atoms with Gasteiger partial charge in [-0.25, -0.2) is 4.98 Å². The van der Waals surface area contributed by atoms with E-state index in [0.717, 1.165) is 28.2 Å². The number of benzene rings is 2. The smallest absolute Gasteiger partial charge is 0.289 e. The van der Waals surface area contributed by atoms with Gasteiger partial charge in [0.15, 0.2) is 5.76 Å². The van der Waals surface area contributed by atoms with Crippen molar-refractivity contribution in [3.63, 3.8) is 0 Å². The number of hydrogen-bond acceptors (Lipinski definition) is 4. The molecule has 0 aliphatic carbocycles. The highest BCUT2D eigenvalue weighted by Gasteiger charge is 2.18. The van der Waals surface area contributed by atoms with Crippen molar-refractivity contribution in [3.8, 4) is 5.75 Å². The van der Waals surface area contributed by atoms with Crippen LogP contribution in [-0.2, 0) is 13.1 Å². The second kappa shape index (κ2) is 8.22. The van der Waals surface area contributed by atoms with Crippen LogP contribution in [0.25, 0.3) is 11.0 Å². The number of carbonyl (C=O) groups excluding carboxylic acids is 1. The zero-order valence-corrected chi connectivity index (χ0v) is 16.5. The first kappa shape index (κ1) is 18.8. The predicted molar refractivity (Wildman–Crippen MR) is 111 cm³/mol. The Labute approximate surface area is 169 Å². The second-order valence-corrected chi connectivity index (χ2v) is 6.97. The van der Waals surface area contributed by atoms with E-state index in [2.05, 4.69) is 4.57 Å². The molecule has 4 rings (SSSR count). The maximum absolute atomic E-state index is 12.5. The monoisotopic (exact) mass is 389 g/mol. The normalized spacial score (nSPS) is 11.0. The summed E-state index contributed by atoms with van der Waals surface area (Å²) in [5, 5.41) is 0. The summed E-state index contributed by atoms with van der Waals surface area (Å²) in [4.78, 5) is 18.9. The lowest BCUT2D eigenvalue weighted by Gasteiger charge is -2.17. The molecule has 0 radical (unpaired) electrons. The van der Waals surface area contributed by atoms with E-state index in [-0.39, 0.29) is 5.91 Å². The van der Waals surface area contributed by atoms with Crippen LogP contribution in [0.1, 0.15) is 21.9 Å². The first-order valence-electron chi connectivity index (χ1n) is 9.54. The van der Waals surface area contributed by atoms with Gasteiger partial charge in [-0.15, -0.1) is 0 Å². The van der Waals surface area contributed by atoms with E-state index in [0.29, 0.717) is 25.5 Å². The summed E-state index contributed by atoms with van der Waals surface area (Å²) in [6.45, 7) is 3.55. The molecule has 1 amide bonds. The van der Waals surface area contributed by atoms with E-state index >= 15 is 0 Å². The van der Waals surface area contributed by atoms with Crippen LogP contribution >= 0.6 is 0 Å². The van der Waals surface area contributed by atoms with Crippen LogP contribution in [0.3, 0.4) is 0 Å². The number of nitrogens with zero attached hydrogens (tertiary/aromatic N) is 3. The molecule has 0 aliphatic rings. The molecular formula is C23H23N3O3. The first-order chi connectivity index (χ1) is 14.1. The largest absolute Gasteiger partial charge is 0.492 e. The molecule has 2 aromatic heterocycles. The van der Waals surface area contributed by atoms with Crippen molar-refractivity contribution in [2.45, 2.75) is 20.0 Å². The van der Waals surface area contributed by atoms with Gasteiger partial charge in [-0.1, -0.05) is 24.3 Å². The van der Waals surface area contributed by atoms with Crippen molar-refractivity contribution in [1.82, 2.24) is 14.5 Å². The number of amides is 1. The summed E-state index contributed by atoms with van der Waals surface area (Å²) in [6, 6.07) is 19.3. The summed E-state index contributed by atoms with van der Waals surface area (Å²) in [5.74, 6) is 1.80. The molecule has 0 bridgehead atoms. The molecule has 6 nitrogen and oxygen atoms in total. The Kier molecular flexibility index (Phi) is 5.33. The number of rotatable bonds is 7. The van der Waals surface area contributed by atoms with Crippen molar-refractivity contribution in [2.75, 3.05) is 13.7 Å². The number of furan rings is 1. The zero-order chi connectivity index (χ0) is 20.2. The summed E-state index contributed by atoms with van der Waals surface area (Å²) in [6.07, 6.45) is 1.50. The minimum Gasteiger partial charge on any atom is -0.492 e. The van der Waals surface area contributed by atoms with Crippen LogP contribution in [0, 0.1) is 6.92 Å². The second-order valence-electron chi connectivity index (χ2n) is 6.97. The van der Waals surface area contributed by atoms with Gasteiger partial charge < -0.3 is 18.6 Å². The summed E-state index contributed by atoms with van der Waals surface area (Å²) < 4.78 is 13.3. The minimum absolute atomic E-state index is 0.176. The predicted octanol–water partition coefficient (Wildman–Crippen LogP) is 4.29. The lowest BCUT2D eigenvalue weighted by Crippen LogP contribution is -2.27. The van der Waals surface area contributed by atoms with E-state index < -0.39 is 0 Å². The van der Waals surface area contributed by atoms with Gasteiger partial charge in [-0.2, -0.15) is 0 Å². The number of aryl methyl sites for hydroxylation is 1. The molecule has 2 heterocycles. The fourth-order valence-corrected chi connectivity index (χ4v) is 3.33. The Hall–Kier alpha value is -3.54. The van der Waals surface area contributed by atoms with Crippen LogP contribution in [0.4, 0.5) is 0 Å². The van der Waals surface area contributed by atoms with Crippen molar-refractivity contribution in [1.29, 1.82) is 0 Å². The molecule has 4 aromatic rings. The molecule has 0 N–H and O–H groups in total. The van der Waals surface area contributed by atoms with Crippen molar-refractivity contribution < 1.29 is 13.9 Å². The highest BCUT2D eigenvalue weighted by molar-refractivity contribution is 5.91. The highest BCUT2D eigenvalue weighted by Crippen LogP contribution is 2.19. The lowest BCUT2D eigenvalue weighted by molar-refractivity contribution is 0.0748. The molecule has 0 saturated heterocycles. The zero-order valence-electron chi connectivity index (χ0n) is 16.5. The summed E-state index contributed by atoms with van der Waals surface area (Å²) in [5.41, 5.74) is 3.08. The molecule has 0 spiro atoms. The van der Waals surface area contributed by atoms with Crippen molar-refractivity contribution in [2.24, 2.45) is 0 Å². The lowest BCUT2D eigenvalue weighted by atomic mass is 10.2. The van der Waals surface area contributed by atoms with E-state index in [1.807, 2.05) is 55.5 Å². The van der Waals surface area contributed by atoms with Gasteiger partial charge in [-0.3, -0.25) is 4.79 Å². The number of aromatic nitrogens is 2. The molecule has 0 atom stereocenters. The topological polar surface area (TPSA) is 60.5 Å². The van der Waals surface area contributed by atoms with Gasteiger partial charge in [0.05, 0.1) is 30.4 Å². The maximum Gasteiger partial charge on any atom is 0.289 e. The van der Waals surface area contributed by atoms with E-state index in [1.54, 1.807) is 24.1 Å². The third kappa shape index (κ3) is 4.16. The molecule has 0 fully saturated rings. The fourth-order valence-electron chi connectivity index (χ4n) is 3.33. The standard InChI is InChI=1S/C23H23N3O3/c1-17-7-5-8-18(15-17)28-14-12-26-20-10-4-3-9-19(20)24-22(26)16-25(2)23(27)21-11-6-13-29-21/h3-11,13,15H,12,14,16H2,1-2H3. The molecule has 29 heavy (non-hydrogen) atoms. The SMILES string of the molecule is Cc1cccc(OCCn2c(CN(C)C(=O)c3ccco3)nc3ccccc32)c1. The van der Waals surface area contributed by atoms with Gasteiger partial charge in [0.2, 0.25) is 0 Å². The van der Waals surface area contributed by atoms with E-state index in [9.17, 15) is 4.79 Å². The first-order valence-corrected chi connectivity index (χ1v) is 9.54. The number of ether oxygens (including phenoxy) is 1. The number of imidazole rings is 1. The van der Waals surface area contributed by atoms with Gasteiger partial charge in [0, 0.05) is 7.05 Å². The summed E-state index contributed by atoms with van der Waals surface area (Å²) >= 11 is 0. The number of hydrogen-bond donors (Lipinski definition) is 0. The van der Waals surface area contributed by atoms with Gasteiger partial charge in [-0.05, 0) is 48.9 Å². The van der Waals surface area contributed by atoms with E-state index in [4.69, 9.17) is 14.1 Å². The van der Waals surface area contributed by atoms with Crippen LogP contribution in [0.15, 0.2) is 71.3 Å². The van der Waals surface area contributed by atoms with Gasteiger partial charge in [0.1, 0.15) is 18.2 Å². The van der Waals surface area contributed by atoms with Gasteiger partial charge >= 0.3 is 0 Å². The number of carbonyl (C=O) groups is 1. The third-order valence-corrected chi connectivity index (χ3v) is 4.76. The fraction of sp³-hybridized carbons (Fsp3) is 0.217. The Morgan fingerprint density at radius 2 is 2.00 bits per heavy atom. The Balaban J connectivity index is 1.53. The average molecular weight is 389 g/mol. The molecule has 0 saturated carbocycles. The van der Waals surface area contributed by atoms with E-state index in [1.165, 1.54) is 6.26 Å². The Bertz CT molecular complexity index is 1120. The minimum atomic E-state index is -0.176. The Morgan fingerprint density at radius 1 is 1.14 bits per heavy atom. The quantitative estimate of drug-likeness (QED) is 0.473. The van der Waals surface area contributed by atoms with Crippen LogP contribution in [0.5, 0.6) is 5.75 Å². The molecule has 6 heteroatoms. The maximum atomic E-state index is 12.5. The molecule has 148 valence electrons. The number of fused-ring (bicyclic) bond motifs is 1. The molecule has 2 aromatic carbocycles. The van der Waals surface area contributed by atoms with Gasteiger partial charge in [0.25, 0.3) is 5.91 Å². The summed E-state index contributed by atoms with van der Waals surface area (Å²) in [7, 11) is 1.75. The molecular weight excluding hydrogens is 366 g/mol. The van der Waals surface area contributed by atoms with Crippen LogP contribution in [-0.4, -0.2) is 34.0 Å². The van der Waals surface area contributed by atoms with Crippen LogP contribution in [0.2, 0.25) is 0 Å². The van der Waals surface area contributed by atoms with Crippen molar-refractivity contribution >= 4 is 16.9 Å². The van der Waals surface area contributed by atoms with Crippen molar-refractivity contribution in [3.05, 3.63) is 84.1 Å².